The summed E-state index contributed by atoms with van der Waals surface area (Å²) < 4.78 is 6.12. The summed E-state index contributed by atoms with van der Waals surface area (Å²) in [6, 6.07) is 6.63. The van der Waals surface area contributed by atoms with Crippen LogP contribution in [-0.2, 0) is 9.53 Å². The van der Waals surface area contributed by atoms with E-state index in [1.807, 2.05) is 14.1 Å². The first-order chi connectivity index (χ1) is 15.4. The van der Waals surface area contributed by atoms with E-state index >= 15 is 0 Å². The number of carbonyl (C=O) groups is 1. The van der Waals surface area contributed by atoms with E-state index in [1.165, 1.54) is 16.7 Å². The number of amides is 1. The average molecular weight is 444 g/mol. The second-order valence-electron chi connectivity index (χ2n) is 9.18. The summed E-state index contributed by atoms with van der Waals surface area (Å²) in [6.07, 6.45) is 3.09. The third-order valence-electron chi connectivity index (χ3n) is 6.43. The zero-order chi connectivity index (χ0) is 23.1. The Hall–Kier alpha value is -2.12. The molecule has 2 fully saturated rings. The molecule has 2 aliphatic rings. The fraction of sp³-hybridized carbons (Fsp3) is 0.680. The molecule has 3 rings (SSSR count). The Morgan fingerprint density at radius 1 is 1.28 bits per heavy atom. The number of aryl methyl sites for hydroxylation is 2. The molecule has 1 aromatic carbocycles. The molecule has 2 atom stereocenters. The van der Waals surface area contributed by atoms with Crippen molar-refractivity contribution in [1.82, 2.24) is 20.0 Å². The first-order valence-corrected chi connectivity index (χ1v) is 12.1. The van der Waals surface area contributed by atoms with Gasteiger partial charge in [-0.1, -0.05) is 23.8 Å². The van der Waals surface area contributed by atoms with Gasteiger partial charge in [-0.05, 0) is 57.7 Å². The van der Waals surface area contributed by atoms with Crippen LogP contribution in [0.1, 0.15) is 49.0 Å². The molecule has 0 spiro atoms. The number of likely N-dealkylation sites (tertiary alicyclic amines) is 1. The van der Waals surface area contributed by atoms with Gasteiger partial charge in [-0.15, -0.1) is 0 Å². The maximum absolute atomic E-state index is 12.4. The number of guanidine groups is 1. The summed E-state index contributed by atoms with van der Waals surface area (Å²) in [7, 11) is 3.69. The number of morpholine rings is 1. The third-order valence-corrected chi connectivity index (χ3v) is 6.43. The van der Waals surface area contributed by atoms with Gasteiger partial charge in [0.2, 0.25) is 5.91 Å². The van der Waals surface area contributed by atoms with Crippen LogP contribution in [0.3, 0.4) is 0 Å². The highest BCUT2D eigenvalue weighted by molar-refractivity contribution is 5.81. The summed E-state index contributed by atoms with van der Waals surface area (Å²) in [5.41, 5.74) is 3.83. The van der Waals surface area contributed by atoms with Crippen molar-refractivity contribution in [3.63, 3.8) is 0 Å². The Morgan fingerprint density at radius 3 is 2.81 bits per heavy atom. The van der Waals surface area contributed by atoms with E-state index in [9.17, 15) is 4.79 Å². The number of aliphatic imine (C=N–C) groups is 1. The van der Waals surface area contributed by atoms with E-state index in [4.69, 9.17) is 9.73 Å². The number of nitrogens with zero attached hydrogens (tertiary/aromatic N) is 4. The van der Waals surface area contributed by atoms with Crippen molar-refractivity contribution >= 4 is 11.9 Å². The standard InChI is InChI=1S/C25H41N5O2/c1-6-26-25(27-12-8-14-29-13-7-9-22(29)24(31)28(4)5)30-15-16-32-23(18-30)21-11-10-19(2)17-20(21)3/h10-11,17,22-23H,6-9,12-16,18H2,1-5H3,(H,26,27). The lowest BCUT2D eigenvalue weighted by atomic mass is 10.00. The minimum atomic E-state index is 0.0416. The molecule has 7 nitrogen and oxygen atoms in total. The molecule has 0 radical (unpaired) electrons. The highest BCUT2D eigenvalue weighted by Gasteiger charge is 2.31. The van der Waals surface area contributed by atoms with Gasteiger partial charge >= 0.3 is 0 Å². The number of rotatable bonds is 7. The van der Waals surface area contributed by atoms with Gasteiger partial charge in [0.1, 0.15) is 6.10 Å². The quantitative estimate of drug-likeness (QED) is 0.399. The topological polar surface area (TPSA) is 60.4 Å². The fourth-order valence-electron chi connectivity index (χ4n) is 4.77. The zero-order valence-electron chi connectivity index (χ0n) is 20.6. The highest BCUT2D eigenvalue weighted by atomic mass is 16.5. The van der Waals surface area contributed by atoms with Crippen molar-refractivity contribution in [2.24, 2.45) is 4.99 Å². The van der Waals surface area contributed by atoms with Gasteiger partial charge in [-0.3, -0.25) is 14.7 Å². The Bertz CT molecular complexity index is 795. The van der Waals surface area contributed by atoms with Gasteiger partial charge in [-0.25, -0.2) is 0 Å². The maximum Gasteiger partial charge on any atom is 0.239 e. The molecule has 0 aromatic heterocycles. The van der Waals surface area contributed by atoms with Gasteiger partial charge in [0.15, 0.2) is 5.96 Å². The van der Waals surface area contributed by atoms with E-state index in [0.717, 1.165) is 64.5 Å². The second-order valence-corrected chi connectivity index (χ2v) is 9.18. The molecule has 2 aliphatic heterocycles. The largest absolute Gasteiger partial charge is 0.370 e. The molecule has 1 N–H and O–H groups in total. The van der Waals surface area contributed by atoms with Gasteiger partial charge in [0.05, 0.1) is 19.2 Å². The minimum Gasteiger partial charge on any atom is -0.370 e. The molecule has 1 aromatic rings. The van der Waals surface area contributed by atoms with Crippen LogP contribution in [0.5, 0.6) is 0 Å². The Morgan fingerprint density at radius 2 is 2.09 bits per heavy atom. The second kappa shape index (κ2) is 11.7. The van der Waals surface area contributed by atoms with E-state index < -0.39 is 0 Å². The third kappa shape index (κ3) is 6.23. The smallest absolute Gasteiger partial charge is 0.239 e. The van der Waals surface area contributed by atoms with Crippen LogP contribution in [0, 0.1) is 13.8 Å². The molecule has 1 amide bonds. The lowest BCUT2D eigenvalue weighted by molar-refractivity contribution is -0.133. The van der Waals surface area contributed by atoms with Gasteiger partial charge in [0, 0.05) is 40.3 Å². The molecule has 0 bridgehead atoms. The molecule has 2 unspecified atom stereocenters. The van der Waals surface area contributed by atoms with Crippen LogP contribution in [0.25, 0.3) is 0 Å². The van der Waals surface area contributed by atoms with Crippen molar-refractivity contribution in [1.29, 1.82) is 0 Å². The van der Waals surface area contributed by atoms with Crippen LogP contribution in [0.4, 0.5) is 0 Å². The van der Waals surface area contributed by atoms with Crippen LogP contribution in [0.2, 0.25) is 0 Å². The molecule has 32 heavy (non-hydrogen) atoms. The molecular formula is C25H41N5O2. The molecule has 178 valence electrons. The van der Waals surface area contributed by atoms with E-state index in [2.05, 4.69) is 54.1 Å². The predicted molar refractivity (Wildman–Crippen MR) is 130 cm³/mol. The molecular weight excluding hydrogens is 402 g/mol. The van der Waals surface area contributed by atoms with Gasteiger partial charge < -0.3 is 19.9 Å². The van der Waals surface area contributed by atoms with E-state index in [-0.39, 0.29) is 18.1 Å². The Kier molecular flexibility index (Phi) is 8.93. The summed E-state index contributed by atoms with van der Waals surface area (Å²) in [5.74, 6) is 1.19. The maximum atomic E-state index is 12.4. The average Bonchev–Trinajstić information content (AvgIpc) is 3.23. The number of nitrogens with one attached hydrogen (secondary N) is 1. The number of likely N-dealkylation sites (N-methyl/N-ethyl adjacent to an activating group) is 1. The molecule has 2 heterocycles. The number of hydrogen-bond donors (Lipinski definition) is 1. The Balaban J connectivity index is 1.57. The van der Waals surface area contributed by atoms with Crippen molar-refractivity contribution in [3.05, 3.63) is 34.9 Å². The number of carbonyl (C=O) groups excluding carboxylic acids is 1. The lowest BCUT2D eigenvalue weighted by Gasteiger charge is -2.36. The van der Waals surface area contributed by atoms with Crippen molar-refractivity contribution < 1.29 is 9.53 Å². The zero-order valence-corrected chi connectivity index (χ0v) is 20.6. The van der Waals surface area contributed by atoms with Crippen molar-refractivity contribution in [3.8, 4) is 0 Å². The first-order valence-electron chi connectivity index (χ1n) is 12.1. The summed E-state index contributed by atoms with van der Waals surface area (Å²) in [6.45, 7) is 12.3. The summed E-state index contributed by atoms with van der Waals surface area (Å²) in [5, 5.41) is 3.46. The first kappa shape index (κ1) is 24.5. The van der Waals surface area contributed by atoms with Crippen LogP contribution in [-0.4, -0.2) is 92.6 Å². The van der Waals surface area contributed by atoms with Gasteiger partial charge in [-0.2, -0.15) is 0 Å². The van der Waals surface area contributed by atoms with Crippen LogP contribution < -0.4 is 5.32 Å². The van der Waals surface area contributed by atoms with Crippen molar-refractivity contribution in [2.75, 3.05) is 60.0 Å². The molecule has 7 heteroatoms. The monoisotopic (exact) mass is 443 g/mol. The summed E-state index contributed by atoms with van der Waals surface area (Å²) in [4.78, 5) is 23.7. The SMILES string of the molecule is CCNC(=NCCCN1CCCC1C(=O)N(C)C)N1CCOC(c2ccc(C)cc2C)C1. The molecule has 0 saturated carbocycles. The fourth-order valence-corrected chi connectivity index (χ4v) is 4.77. The lowest BCUT2D eigenvalue weighted by Crippen LogP contribution is -2.48. The van der Waals surface area contributed by atoms with Gasteiger partial charge in [0.25, 0.3) is 0 Å². The number of ether oxygens (including phenoxy) is 1. The number of hydrogen-bond acceptors (Lipinski definition) is 4. The van der Waals surface area contributed by atoms with Crippen molar-refractivity contribution in [2.45, 2.75) is 52.2 Å². The number of benzene rings is 1. The summed E-state index contributed by atoms with van der Waals surface area (Å²) >= 11 is 0. The van der Waals surface area contributed by atoms with Crippen LogP contribution >= 0.6 is 0 Å². The van der Waals surface area contributed by atoms with Crippen LogP contribution in [0.15, 0.2) is 23.2 Å². The normalized spacial score (nSPS) is 22.3. The van der Waals surface area contributed by atoms with E-state index in [1.54, 1.807) is 4.90 Å². The highest BCUT2D eigenvalue weighted by Crippen LogP contribution is 2.26. The molecule has 2 saturated heterocycles. The predicted octanol–water partition coefficient (Wildman–Crippen LogP) is 2.58. The Labute approximate surface area is 193 Å². The minimum absolute atomic E-state index is 0.0416. The molecule has 0 aliphatic carbocycles. The van der Waals surface area contributed by atoms with E-state index in [0.29, 0.717) is 6.61 Å².